The number of carbonyl (C=O) groups is 2. The van der Waals surface area contributed by atoms with Gasteiger partial charge in [0, 0.05) is 18.5 Å². The number of nitrogens with two attached hydrogens (primary N) is 2. The van der Waals surface area contributed by atoms with Gasteiger partial charge in [-0.25, -0.2) is 15.6 Å². The molecule has 0 bridgehead atoms. The molecule has 1 aromatic heterocycles. The van der Waals surface area contributed by atoms with E-state index in [2.05, 4.69) is 21.0 Å². The second-order valence-electron chi connectivity index (χ2n) is 4.26. The first kappa shape index (κ1) is 14.5. The minimum Gasteiger partial charge on any atom is -0.352 e. The predicted octanol–water partition coefficient (Wildman–Crippen LogP) is -0.0815. The molecule has 1 aromatic carbocycles. The third kappa shape index (κ3) is 3.57. The predicted molar refractivity (Wildman–Crippen MR) is 79.5 cm³/mol. The fourth-order valence-corrected chi connectivity index (χ4v) is 1.89. The molecule has 8 heteroatoms. The Morgan fingerprint density at radius 2 is 1.86 bits per heavy atom. The van der Waals surface area contributed by atoms with E-state index >= 15 is 0 Å². The summed E-state index contributed by atoms with van der Waals surface area (Å²) >= 11 is 0. The van der Waals surface area contributed by atoms with Crippen LogP contribution in [0.15, 0.2) is 30.3 Å². The number of hydrogen-bond donors (Lipinski definition) is 5. The van der Waals surface area contributed by atoms with Crippen molar-refractivity contribution >= 4 is 28.7 Å². The maximum Gasteiger partial charge on any atom is 0.312 e. The second kappa shape index (κ2) is 6.53. The van der Waals surface area contributed by atoms with Gasteiger partial charge in [0.15, 0.2) is 0 Å². The molecule has 0 atom stereocenters. The maximum absolute atomic E-state index is 12.2. The van der Waals surface area contributed by atoms with Gasteiger partial charge in [-0.2, -0.15) is 0 Å². The molecule has 1 heterocycles. The number of nitrogen functional groups attached to an aromatic ring is 1. The molecule has 110 valence electrons. The van der Waals surface area contributed by atoms with Crippen LogP contribution in [0.2, 0.25) is 0 Å². The molecular formula is C13H16N6O2. The van der Waals surface area contributed by atoms with Crippen molar-refractivity contribution in [3.63, 3.8) is 0 Å². The van der Waals surface area contributed by atoms with Gasteiger partial charge in [0.05, 0.1) is 11.1 Å². The zero-order valence-corrected chi connectivity index (χ0v) is 11.2. The molecule has 0 unspecified atom stereocenters. The van der Waals surface area contributed by atoms with Gasteiger partial charge >= 0.3 is 6.03 Å². The number of amides is 3. The van der Waals surface area contributed by atoms with E-state index in [0.717, 1.165) is 5.39 Å². The summed E-state index contributed by atoms with van der Waals surface area (Å²) in [6.07, 6.45) is 0. The van der Waals surface area contributed by atoms with Crippen LogP contribution in [0.4, 0.5) is 10.6 Å². The topological polar surface area (TPSA) is 135 Å². The summed E-state index contributed by atoms with van der Waals surface area (Å²) in [5.41, 5.74) is 8.48. The zero-order chi connectivity index (χ0) is 15.2. The van der Waals surface area contributed by atoms with Gasteiger partial charge < -0.3 is 21.8 Å². The van der Waals surface area contributed by atoms with Gasteiger partial charge in [0.25, 0.3) is 5.91 Å². The fraction of sp³-hybridized carbons (Fsp3) is 0.154. The summed E-state index contributed by atoms with van der Waals surface area (Å²) in [6, 6.07) is 8.19. The largest absolute Gasteiger partial charge is 0.352 e. The Morgan fingerprint density at radius 1 is 1.14 bits per heavy atom. The number of para-hydroxylation sites is 1. The lowest BCUT2D eigenvalue weighted by Crippen LogP contribution is -2.37. The van der Waals surface area contributed by atoms with Crippen molar-refractivity contribution in [3.8, 4) is 0 Å². The highest BCUT2D eigenvalue weighted by Crippen LogP contribution is 2.20. The quantitative estimate of drug-likeness (QED) is 0.298. The Balaban J connectivity index is 2.19. The van der Waals surface area contributed by atoms with Crippen molar-refractivity contribution in [1.29, 1.82) is 0 Å². The lowest BCUT2D eigenvalue weighted by molar-refractivity contribution is 0.0955. The summed E-state index contributed by atoms with van der Waals surface area (Å²) in [4.78, 5) is 27.0. The van der Waals surface area contributed by atoms with Crippen LogP contribution in [0.25, 0.3) is 10.9 Å². The molecule has 0 radical (unpaired) electrons. The number of anilines is 1. The minimum atomic E-state index is -0.631. The molecule has 7 N–H and O–H groups in total. The normalized spacial score (nSPS) is 10.1. The van der Waals surface area contributed by atoms with Gasteiger partial charge in [-0.15, -0.1) is 0 Å². The Morgan fingerprint density at radius 3 is 2.57 bits per heavy atom. The molecule has 2 aromatic rings. The van der Waals surface area contributed by atoms with Crippen molar-refractivity contribution in [2.75, 3.05) is 18.5 Å². The van der Waals surface area contributed by atoms with Crippen molar-refractivity contribution in [2.24, 2.45) is 11.6 Å². The first-order chi connectivity index (χ1) is 10.1. The van der Waals surface area contributed by atoms with E-state index in [1.165, 1.54) is 0 Å². The SMILES string of the molecule is NNc1cc(C(=O)NCCNC(N)=O)c2ccccc2n1. The zero-order valence-electron chi connectivity index (χ0n) is 11.2. The highest BCUT2D eigenvalue weighted by atomic mass is 16.2. The summed E-state index contributed by atoms with van der Waals surface area (Å²) < 4.78 is 0. The van der Waals surface area contributed by atoms with E-state index in [-0.39, 0.29) is 19.0 Å². The average Bonchev–Trinajstić information content (AvgIpc) is 2.50. The monoisotopic (exact) mass is 288 g/mol. The van der Waals surface area contributed by atoms with Gasteiger partial charge in [-0.3, -0.25) is 4.79 Å². The van der Waals surface area contributed by atoms with E-state index in [1.807, 2.05) is 12.1 Å². The minimum absolute atomic E-state index is 0.256. The number of hydrazine groups is 1. The summed E-state index contributed by atoms with van der Waals surface area (Å²) in [6.45, 7) is 0.524. The first-order valence-electron chi connectivity index (χ1n) is 6.29. The number of carbonyl (C=O) groups excluding carboxylic acids is 2. The molecule has 0 aliphatic carbocycles. The molecule has 0 fully saturated rings. The van der Waals surface area contributed by atoms with Crippen LogP contribution in [0, 0.1) is 0 Å². The highest BCUT2D eigenvalue weighted by Gasteiger charge is 2.12. The van der Waals surface area contributed by atoms with Crippen LogP contribution in [0.1, 0.15) is 10.4 Å². The van der Waals surface area contributed by atoms with E-state index in [0.29, 0.717) is 16.9 Å². The lowest BCUT2D eigenvalue weighted by atomic mass is 10.1. The molecule has 21 heavy (non-hydrogen) atoms. The van der Waals surface area contributed by atoms with E-state index in [9.17, 15) is 9.59 Å². The van der Waals surface area contributed by atoms with Crippen LogP contribution >= 0.6 is 0 Å². The van der Waals surface area contributed by atoms with Crippen molar-refractivity contribution in [3.05, 3.63) is 35.9 Å². The molecule has 8 nitrogen and oxygen atoms in total. The number of aromatic nitrogens is 1. The molecule has 3 amide bonds. The number of benzene rings is 1. The number of hydrogen-bond acceptors (Lipinski definition) is 5. The summed E-state index contributed by atoms with van der Waals surface area (Å²) in [7, 11) is 0. The Hall–Kier alpha value is -2.87. The van der Waals surface area contributed by atoms with Crippen molar-refractivity contribution in [2.45, 2.75) is 0 Å². The molecule has 2 rings (SSSR count). The summed E-state index contributed by atoms with van der Waals surface area (Å²) in [5.74, 6) is 5.48. The fourth-order valence-electron chi connectivity index (χ4n) is 1.89. The van der Waals surface area contributed by atoms with Gasteiger partial charge in [0.2, 0.25) is 0 Å². The number of nitrogens with one attached hydrogen (secondary N) is 3. The Bertz CT molecular complexity index is 673. The average molecular weight is 288 g/mol. The molecule has 0 spiro atoms. The highest BCUT2D eigenvalue weighted by molar-refractivity contribution is 6.06. The van der Waals surface area contributed by atoms with Gasteiger partial charge in [-0.05, 0) is 12.1 Å². The smallest absolute Gasteiger partial charge is 0.312 e. The number of pyridine rings is 1. The summed E-state index contributed by atoms with van der Waals surface area (Å²) in [5, 5.41) is 5.80. The number of urea groups is 1. The number of nitrogens with zero attached hydrogens (tertiary/aromatic N) is 1. The number of rotatable bonds is 5. The van der Waals surface area contributed by atoms with Crippen molar-refractivity contribution < 1.29 is 9.59 Å². The molecule has 0 saturated heterocycles. The first-order valence-corrected chi connectivity index (χ1v) is 6.29. The molecular weight excluding hydrogens is 272 g/mol. The Kier molecular flexibility index (Phi) is 4.52. The van der Waals surface area contributed by atoms with Crippen LogP contribution < -0.4 is 27.6 Å². The maximum atomic E-state index is 12.2. The number of primary amides is 1. The van der Waals surface area contributed by atoms with Crippen molar-refractivity contribution in [1.82, 2.24) is 15.6 Å². The van der Waals surface area contributed by atoms with E-state index < -0.39 is 6.03 Å². The van der Waals surface area contributed by atoms with E-state index in [1.54, 1.807) is 18.2 Å². The molecule has 0 aliphatic heterocycles. The van der Waals surface area contributed by atoms with E-state index in [4.69, 9.17) is 11.6 Å². The third-order valence-electron chi connectivity index (χ3n) is 2.82. The second-order valence-corrected chi connectivity index (χ2v) is 4.26. The van der Waals surface area contributed by atoms with Gasteiger partial charge in [-0.1, -0.05) is 18.2 Å². The lowest BCUT2D eigenvalue weighted by Gasteiger charge is -2.10. The van der Waals surface area contributed by atoms with Crippen LogP contribution in [0.5, 0.6) is 0 Å². The van der Waals surface area contributed by atoms with Gasteiger partial charge in [0.1, 0.15) is 5.82 Å². The number of fused-ring (bicyclic) bond motifs is 1. The molecule has 0 saturated carbocycles. The standard InChI is InChI=1S/C13H16N6O2/c14-13(21)17-6-5-16-12(20)9-7-11(19-15)18-10-4-2-1-3-8(9)10/h1-4,7H,5-6,15H2,(H,16,20)(H,18,19)(H3,14,17,21). The van der Waals surface area contributed by atoms with Crippen LogP contribution in [-0.4, -0.2) is 30.0 Å². The Labute approximate surface area is 120 Å². The van der Waals surface area contributed by atoms with Crippen LogP contribution in [-0.2, 0) is 0 Å². The van der Waals surface area contributed by atoms with Crippen LogP contribution in [0.3, 0.4) is 0 Å². The third-order valence-corrected chi connectivity index (χ3v) is 2.82. The molecule has 0 aliphatic rings.